The maximum absolute atomic E-state index is 12.4. The lowest BCUT2D eigenvalue weighted by Gasteiger charge is -2.37. The SMILES string of the molecule is Cc1cn([C@H]2C[C@H](OP3(=S)SCCS3)[C@@H](CO[Si](C)(C)C(C)(C)C)O2)c(=O)[nH]c1=O. The summed E-state index contributed by atoms with van der Waals surface area (Å²) in [4.78, 5) is 26.5. The summed E-state index contributed by atoms with van der Waals surface area (Å²) in [5, 5.41) is 0.0811. The zero-order valence-electron chi connectivity index (χ0n) is 18.3. The normalized spacial score (nSPS) is 26.9. The molecule has 0 amide bonds. The third-order valence-electron chi connectivity index (χ3n) is 5.90. The van der Waals surface area contributed by atoms with Crippen molar-refractivity contribution < 1.29 is 13.7 Å². The van der Waals surface area contributed by atoms with Gasteiger partial charge in [0.15, 0.2) is 13.0 Å². The van der Waals surface area contributed by atoms with Crippen molar-refractivity contribution in [3.8, 4) is 0 Å². The number of aromatic amines is 1. The molecule has 1 aromatic heterocycles. The average molecular weight is 511 g/mol. The number of hydrogen-bond donors (Lipinski definition) is 1. The molecule has 0 bridgehead atoms. The second-order valence-electron chi connectivity index (χ2n) is 9.17. The molecule has 2 saturated heterocycles. The van der Waals surface area contributed by atoms with E-state index in [1.807, 2.05) is 0 Å². The average Bonchev–Trinajstić information content (AvgIpc) is 3.22. The Balaban J connectivity index is 1.82. The van der Waals surface area contributed by atoms with Gasteiger partial charge in [-0.1, -0.05) is 43.5 Å². The summed E-state index contributed by atoms with van der Waals surface area (Å²) in [6.45, 7) is 13.1. The van der Waals surface area contributed by atoms with E-state index >= 15 is 0 Å². The summed E-state index contributed by atoms with van der Waals surface area (Å²) in [5.41, 5.74) is -0.396. The van der Waals surface area contributed by atoms with Crippen LogP contribution >= 0.6 is 27.4 Å². The lowest BCUT2D eigenvalue weighted by Crippen LogP contribution is -2.44. The quantitative estimate of drug-likeness (QED) is 0.449. The Bertz CT molecular complexity index is 935. The molecule has 2 fully saturated rings. The van der Waals surface area contributed by atoms with Gasteiger partial charge in [0, 0.05) is 29.7 Å². The van der Waals surface area contributed by atoms with Gasteiger partial charge in [-0.05, 0) is 36.9 Å². The highest BCUT2D eigenvalue weighted by Gasteiger charge is 2.44. The van der Waals surface area contributed by atoms with Crippen molar-refractivity contribution in [2.75, 3.05) is 18.1 Å². The fraction of sp³-hybridized carbons (Fsp3) is 0.778. The van der Waals surface area contributed by atoms with Gasteiger partial charge in [-0.3, -0.25) is 14.3 Å². The summed E-state index contributed by atoms with van der Waals surface area (Å²) in [5.74, 6) is 2.01. The van der Waals surface area contributed by atoms with Crippen molar-refractivity contribution >= 4 is 47.6 Å². The lowest BCUT2D eigenvalue weighted by molar-refractivity contribution is -0.0379. The van der Waals surface area contributed by atoms with Crippen molar-refractivity contribution in [3.05, 3.63) is 32.6 Å². The van der Waals surface area contributed by atoms with Crippen LogP contribution in [0.1, 0.15) is 39.0 Å². The second kappa shape index (κ2) is 9.17. The van der Waals surface area contributed by atoms with Crippen LogP contribution in [0, 0.1) is 6.92 Å². The first kappa shape index (κ1) is 24.8. The summed E-state index contributed by atoms with van der Waals surface area (Å²) in [7, 11) is -1.97. The Morgan fingerprint density at radius 3 is 2.57 bits per heavy atom. The highest BCUT2D eigenvalue weighted by atomic mass is 33.2. The second-order valence-corrected chi connectivity index (χ2v) is 24.7. The molecule has 12 heteroatoms. The molecular weight excluding hydrogens is 479 g/mol. The van der Waals surface area contributed by atoms with E-state index in [2.05, 4.69) is 38.8 Å². The van der Waals surface area contributed by atoms with Crippen molar-refractivity contribution in [2.24, 2.45) is 0 Å². The molecule has 30 heavy (non-hydrogen) atoms. The minimum atomic E-state index is -2.00. The van der Waals surface area contributed by atoms with Crippen molar-refractivity contribution in [3.63, 3.8) is 0 Å². The Hall–Kier alpha value is 0.127. The molecule has 3 rings (SSSR count). The first-order valence-corrected chi connectivity index (χ1v) is 18.8. The van der Waals surface area contributed by atoms with Crippen LogP contribution in [0.5, 0.6) is 0 Å². The topological polar surface area (TPSA) is 82.6 Å². The zero-order chi connectivity index (χ0) is 22.3. The van der Waals surface area contributed by atoms with Crippen molar-refractivity contribution in [1.29, 1.82) is 0 Å². The summed E-state index contributed by atoms with van der Waals surface area (Å²) in [6, 6.07) is 0. The summed E-state index contributed by atoms with van der Waals surface area (Å²) in [6.07, 6.45) is 0.964. The van der Waals surface area contributed by atoms with Gasteiger partial charge in [0.1, 0.15) is 12.3 Å². The molecular formula is C18H31N2O5PS3Si. The monoisotopic (exact) mass is 510 g/mol. The van der Waals surface area contributed by atoms with Crippen LogP contribution in [0.2, 0.25) is 18.1 Å². The molecule has 170 valence electrons. The summed E-state index contributed by atoms with van der Waals surface area (Å²) < 4.78 is 18.6. The van der Waals surface area contributed by atoms with E-state index in [0.717, 1.165) is 11.5 Å². The van der Waals surface area contributed by atoms with Gasteiger partial charge in [-0.2, -0.15) is 0 Å². The lowest BCUT2D eigenvalue weighted by atomic mass is 10.2. The van der Waals surface area contributed by atoms with Crippen molar-refractivity contribution in [1.82, 2.24) is 9.55 Å². The molecule has 0 aromatic carbocycles. The minimum Gasteiger partial charge on any atom is -0.414 e. The van der Waals surface area contributed by atoms with Gasteiger partial charge in [0.2, 0.25) is 0 Å². The molecule has 0 saturated carbocycles. The van der Waals surface area contributed by atoms with E-state index in [1.165, 1.54) is 4.57 Å². The molecule has 1 N–H and O–H groups in total. The molecule has 2 aliphatic heterocycles. The van der Waals surface area contributed by atoms with E-state index in [0.29, 0.717) is 18.6 Å². The van der Waals surface area contributed by atoms with E-state index in [-0.39, 0.29) is 22.8 Å². The van der Waals surface area contributed by atoms with Crippen LogP contribution in [-0.4, -0.2) is 48.2 Å². The number of H-pyrrole nitrogens is 1. The molecule has 3 heterocycles. The number of aromatic nitrogens is 2. The van der Waals surface area contributed by atoms with Gasteiger partial charge < -0.3 is 13.7 Å². The zero-order valence-corrected chi connectivity index (χ0v) is 22.6. The first-order chi connectivity index (χ1) is 13.8. The number of nitrogens with zero attached hydrogens (tertiary/aromatic N) is 1. The van der Waals surface area contributed by atoms with E-state index < -0.39 is 24.9 Å². The summed E-state index contributed by atoms with van der Waals surface area (Å²) >= 11 is 9.26. The van der Waals surface area contributed by atoms with Crippen LogP contribution in [0.15, 0.2) is 15.8 Å². The highest BCUT2D eigenvalue weighted by Crippen LogP contribution is 2.75. The fourth-order valence-electron chi connectivity index (χ4n) is 3.00. The Morgan fingerprint density at radius 1 is 1.33 bits per heavy atom. The van der Waals surface area contributed by atoms with Crippen LogP contribution < -0.4 is 11.2 Å². The maximum Gasteiger partial charge on any atom is 0.330 e. The van der Waals surface area contributed by atoms with Crippen molar-refractivity contribution in [2.45, 2.75) is 70.7 Å². The van der Waals surface area contributed by atoms with Gasteiger partial charge in [-0.15, -0.1) is 0 Å². The fourth-order valence-corrected chi connectivity index (χ4v) is 13.4. The van der Waals surface area contributed by atoms with E-state index in [1.54, 1.807) is 35.9 Å². The molecule has 1 aromatic rings. The molecule has 7 nitrogen and oxygen atoms in total. The number of ether oxygens (including phenoxy) is 1. The third kappa shape index (κ3) is 5.54. The minimum absolute atomic E-state index is 0.0811. The molecule has 0 spiro atoms. The Kier molecular flexibility index (Phi) is 7.57. The predicted molar refractivity (Wildman–Crippen MR) is 132 cm³/mol. The van der Waals surface area contributed by atoms with Gasteiger partial charge >= 0.3 is 5.69 Å². The molecule has 0 aliphatic carbocycles. The Morgan fingerprint density at radius 2 is 1.97 bits per heavy atom. The van der Waals surface area contributed by atoms with Gasteiger partial charge in [0.25, 0.3) is 5.56 Å². The highest BCUT2D eigenvalue weighted by molar-refractivity contribution is 9.00. The van der Waals surface area contributed by atoms with Gasteiger partial charge in [-0.25, -0.2) is 4.79 Å². The Labute approximate surface area is 191 Å². The number of rotatable bonds is 6. The van der Waals surface area contributed by atoms with Crippen LogP contribution in [0.4, 0.5) is 0 Å². The number of aryl methyl sites for hydroxylation is 1. The number of hydrogen-bond acceptors (Lipinski definition) is 8. The molecule has 0 unspecified atom stereocenters. The van der Waals surface area contributed by atoms with Crippen LogP contribution in [0.3, 0.4) is 0 Å². The first-order valence-electron chi connectivity index (χ1n) is 10.0. The van der Waals surface area contributed by atoms with Crippen LogP contribution in [-0.2, 0) is 25.5 Å². The number of nitrogens with one attached hydrogen (secondary N) is 1. The maximum atomic E-state index is 12.4. The molecule has 2 aliphatic rings. The molecule has 3 atom stereocenters. The predicted octanol–water partition coefficient (Wildman–Crippen LogP) is 4.24. The van der Waals surface area contributed by atoms with Crippen LogP contribution in [0.25, 0.3) is 0 Å². The standard InChI is InChI=1S/C18H31N2O5PS3Si/c1-12-10-20(17(22)19-16(12)21)15-9-13(25-26(27)28-7-8-29-26)14(24-15)11-23-30(5,6)18(2,3)4/h10,13-15H,7-9,11H2,1-6H3,(H,19,21,22)/t13-,14+,15+/m0/s1. The van der Waals surface area contributed by atoms with Gasteiger partial charge in [0.05, 0.1) is 12.7 Å². The third-order valence-corrected chi connectivity index (χ3v) is 20.2. The molecule has 0 radical (unpaired) electrons. The van der Waals surface area contributed by atoms with E-state index in [4.69, 9.17) is 25.5 Å². The largest absolute Gasteiger partial charge is 0.414 e. The smallest absolute Gasteiger partial charge is 0.330 e. The van der Waals surface area contributed by atoms with E-state index in [9.17, 15) is 9.59 Å².